The molecule has 15 aromatic rings. The Kier molecular flexibility index (Phi) is 10.9. The van der Waals surface area contributed by atoms with E-state index in [1.54, 1.807) is 0 Å². The summed E-state index contributed by atoms with van der Waals surface area (Å²) in [4.78, 5) is 2.47. The molecule has 0 amide bonds. The smallest absolute Gasteiger partial charge is 0.0618 e. The number of benzene rings is 14. The monoisotopic (exact) mass is 990 g/mol. The van der Waals surface area contributed by atoms with Crippen LogP contribution in [0.1, 0.15) is 0 Å². The van der Waals surface area contributed by atoms with Gasteiger partial charge in [-0.2, -0.15) is 0 Å². The highest BCUT2D eigenvalue weighted by molar-refractivity contribution is 6.30. The Labute approximate surface area is 453 Å². The van der Waals surface area contributed by atoms with Crippen LogP contribution in [0.4, 0.5) is 17.1 Å². The molecule has 0 N–H and O–H groups in total. The van der Waals surface area contributed by atoms with Gasteiger partial charge in [-0.05, 0) is 149 Å². The first-order valence-corrected chi connectivity index (χ1v) is 26.9. The second-order valence-electron chi connectivity index (χ2n) is 20.3. The molecular formula is C76H50N2. The van der Waals surface area contributed by atoms with E-state index < -0.39 is 0 Å². The van der Waals surface area contributed by atoms with Gasteiger partial charge in [-0.3, -0.25) is 0 Å². The topological polar surface area (TPSA) is 8.17 Å². The number of aromatic nitrogens is 1. The standard InChI is InChI=1S/C76H50N2/c1-5-23-51(24-6-1)54-41-47-71-69(49-54)70-50-55(52-25-7-2-8-26-52)42-48-72(70)78(71)58-45-43-57(44-46-58)77(56-29-11-4-12-30-56)76-67-39-21-19-37-65(67)75(66-38-20-22-40-68(66)76)74-63-35-17-15-33-61(63)73(62-34-16-18-36-64(62)74)60-32-14-13-31-59(60)53-27-9-3-10-28-53/h1-50H. The van der Waals surface area contributed by atoms with Crippen molar-refractivity contribution in [2.24, 2.45) is 0 Å². The maximum Gasteiger partial charge on any atom is 0.0618 e. The van der Waals surface area contributed by atoms with Gasteiger partial charge < -0.3 is 9.47 Å². The summed E-state index contributed by atoms with van der Waals surface area (Å²) in [5.41, 5.74) is 19.0. The average molecular weight is 991 g/mol. The van der Waals surface area contributed by atoms with Crippen LogP contribution >= 0.6 is 0 Å². The molecule has 2 heteroatoms. The van der Waals surface area contributed by atoms with E-state index in [4.69, 9.17) is 0 Å². The van der Waals surface area contributed by atoms with Crippen LogP contribution in [0, 0.1) is 0 Å². The van der Waals surface area contributed by atoms with Gasteiger partial charge in [0.05, 0.1) is 16.7 Å². The van der Waals surface area contributed by atoms with Crippen molar-refractivity contribution in [2.75, 3.05) is 4.90 Å². The summed E-state index contributed by atoms with van der Waals surface area (Å²) in [5.74, 6) is 0. The summed E-state index contributed by atoms with van der Waals surface area (Å²) in [6, 6.07) is 111. The molecule has 14 aromatic carbocycles. The second kappa shape index (κ2) is 18.8. The molecule has 0 spiro atoms. The molecule has 78 heavy (non-hydrogen) atoms. The summed E-state index contributed by atoms with van der Waals surface area (Å²) < 4.78 is 2.44. The minimum atomic E-state index is 1.07. The fourth-order valence-corrected chi connectivity index (χ4v) is 12.5. The van der Waals surface area contributed by atoms with Crippen molar-refractivity contribution < 1.29 is 0 Å². The molecule has 0 unspecified atom stereocenters. The molecule has 0 aliphatic rings. The lowest BCUT2D eigenvalue weighted by molar-refractivity contribution is 1.17. The van der Waals surface area contributed by atoms with Crippen molar-refractivity contribution in [1.82, 2.24) is 4.57 Å². The third-order valence-corrected chi connectivity index (χ3v) is 15.9. The van der Waals surface area contributed by atoms with Crippen molar-refractivity contribution in [3.8, 4) is 61.3 Å². The minimum Gasteiger partial charge on any atom is -0.309 e. The van der Waals surface area contributed by atoms with Gasteiger partial charge in [0.25, 0.3) is 0 Å². The molecule has 1 heterocycles. The highest BCUT2D eigenvalue weighted by Gasteiger charge is 2.26. The number of hydrogen-bond acceptors (Lipinski definition) is 1. The lowest BCUT2D eigenvalue weighted by Gasteiger charge is -2.30. The second-order valence-corrected chi connectivity index (χ2v) is 20.3. The lowest BCUT2D eigenvalue weighted by atomic mass is 9.81. The van der Waals surface area contributed by atoms with Crippen LogP contribution in [0.15, 0.2) is 303 Å². The van der Waals surface area contributed by atoms with Crippen molar-refractivity contribution >= 4 is 82.0 Å². The number of hydrogen-bond donors (Lipinski definition) is 0. The molecule has 0 saturated carbocycles. The Morgan fingerprint density at radius 3 is 1.03 bits per heavy atom. The molecule has 0 atom stereocenters. The van der Waals surface area contributed by atoms with Crippen LogP contribution in [0.5, 0.6) is 0 Å². The molecule has 0 bridgehead atoms. The van der Waals surface area contributed by atoms with E-state index in [2.05, 4.69) is 313 Å². The largest absolute Gasteiger partial charge is 0.309 e. The SMILES string of the molecule is c1ccc(-c2ccc3c(c2)c2cc(-c4ccccc4)ccc2n3-c2ccc(N(c3ccccc3)c3c4ccccc4c(-c4c5ccccc5c(-c5ccccc5-c5ccccc5)c5ccccc45)c4ccccc34)cc2)cc1. The first kappa shape index (κ1) is 45.1. The molecule has 364 valence electrons. The van der Waals surface area contributed by atoms with Crippen LogP contribution in [0.2, 0.25) is 0 Å². The zero-order chi connectivity index (χ0) is 51.5. The summed E-state index contributed by atoms with van der Waals surface area (Å²) in [5, 5.41) is 12.1. The van der Waals surface area contributed by atoms with Crippen LogP contribution in [-0.4, -0.2) is 4.57 Å². The molecule has 0 fully saturated rings. The Balaban J connectivity index is 0.940. The molecule has 0 aliphatic carbocycles. The Bertz CT molecular complexity index is 4540. The summed E-state index contributed by atoms with van der Waals surface area (Å²) in [6.45, 7) is 0. The van der Waals surface area contributed by atoms with Gasteiger partial charge in [0.15, 0.2) is 0 Å². The maximum atomic E-state index is 2.47. The number of para-hydroxylation sites is 1. The van der Waals surface area contributed by atoms with E-state index >= 15 is 0 Å². The Morgan fingerprint density at radius 1 is 0.218 bits per heavy atom. The zero-order valence-electron chi connectivity index (χ0n) is 42.8. The van der Waals surface area contributed by atoms with Gasteiger partial charge in [0.2, 0.25) is 0 Å². The molecule has 15 rings (SSSR count). The highest BCUT2D eigenvalue weighted by Crippen LogP contribution is 2.53. The van der Waals surface area contributed by atoms with Gasteiger partial charge in [0, 0.05) is 38.6 Å². The Hall–Kier alpha value is -10.3. The van der Waals surface area contributed by atoms with Crippen molar-refractivity contribution in [3.63, 3.8) is 0 Å². The third kappa shape index (κ3) is 7.41. The molecule has 2 nitrogen and oxygen atoms in total. The molecular weight excluding hydrogens is 941 g/mol. The number of anilines is 3. The number of rotatable bonds is 9. The van der Waals surface area contributed by atoms with E-state index in [0.717, 1.165) is 22.7 Å². The number of nitrogens with zero attached hydrogens (tertiary/aromatic N) is 2. The maximum absolute atomic E-state index is 2.47. The van der Waals surface area contributed by atoms with E-state index in [1.165, 1.54) is 121 Å². The van der Waals surface area contributed by atoms with Gasteiger partial charge in [-0.15, -0.1) is 0 Å². The van der Waals surface area contributed by atoms with Crippen LogP contribution in [0.3, 0.4) is 0 Å². The fraction of sp³-hybridized carbons (Fsp3) is 0. The zero-order valence-corrected chi connectivity index (χ0v) is 42.8. The van der Waals surface area contributed by atoms with Crippen molar-refractivity contribution in [2.45, 2.75) is 0 Å². The third-order valence-electron chi connectivity index (χ3n) is 15.9. The summed E-state index contributed by atoms with van der Waals surface area (Å²) in [6.07, 6.45) is 0. The predicted molar refractivity (Wildman–Crippen MR) is 333 cm³/mol. The van der Waals surface area contributed by atoms with Gasteiger partial charge in [-0.25, -0.2) is 0 Å². The van der Waals surface area contributed by atoms with Gasteiger partial charge >= 0.3 is 0 Å². The van der Waals surface area contributed by atoms with Gasteiger partial charge in [-0.1, -0.05) is 243 Å². The van der Waals surface area contributed by atoms with Gasteiger partial charge in [0.1, 0.15) is 0 Å². The number of fused-ring (bicyclic) bond motifs is 7. The predicted octanol–water partition coefficient (Wildman–Crippen LogP) is 21.2. The average Bonchev–Trinajstić information content (AvgIpc) is 3.92. The van der Waals surface area contributed by atoms with E-state index in [1.807, 2.05) is 0 Å². The quantitative estimate of drug-likeness (QED) is 0.131. The van der Waals surface area contributed by atoms with Crippen LogP contribution < -0.4 is 4.90 Å². The minimum absolute atomic E-state index is 1.07. The van der Waals surface area contributed by atoms with E-state index in [0.29, 0.717) is 0 Å². The molecule has 0 saturated heterocycles. The van der Waals surface area contributed by atoms with Crippen LogP contribution in [0.25, 0.3) is 126 Å². The molecule has 0 radical (unpaired) electrons. The fourth-order valence-electron chi connectivity index (χ4n) is 12.5. The normalized spacial score (nSPS) is 11.6. The summed E-state index contributed by atoms with van der Waals surface area (Å²) in [7, 11) is 0. The van der Waals surface area contributed by atoms with E-state index in [9.17, 15) is 0 Å². The summed E-state index contributed by atoms with van der Waals surface area (Å²) >= 11 is 0. The molecule has 0 aliphatic heterocycles. The Morgan fingerprint density at radius 2 is 0.564 bits per heavy atom. The highest BCUT2D eigenvalue weighted by atomic mass is 15.1. The molecule has 1 aromatic heterocycles. The van der Waals surface area contributed by atoms with Crippen molar-refractivity contribution in [3.05, 3.63) is 303 Å². The van der Waals surface area contributed by atoms with E-state index in [-0.39, 0.29) is 0 Å². The first-order chi connectivity index (χ1) is 38.7. The lowest BCUT2D eigenvalue weighted by Crippen LogP contribution is -2.11. The first-order valence-electron chi connectivity index (χ1n) is 26.9. The van der Waals surface area contributed by atoms with Crippen LogP contribution in [-0.2, 0) is 0 Å². The van der Waals surface area contributed by atoms with Crippen molar-refractivity contribution in [1.29, 1.82) is 0 Å².